The van der Waals surface area contributed by atoms with Crippen molar-refractivity contribution in [2.45, 2.75) is 39.7 Å². The van der Waals surface area contributed by atoms with Gasteiger partial charge >= 0.3 is 0 Å². The van der Waals surface area contributed by atoms with Gasteiger partial charge in [0.2, 0.25) is 5.91 Å². The highest BCUT2D eigenvalue weighted by Gasteiger charge is 2.15. The van der Waals surface area contributed by atoms with Crippen molar-refractivity contribution in [2.75, 3.05) is 11.9 Å². The van der Waals surface area contributed by atoms with Gasteiger partial charge in [0.25, 0.3) is 0 Å². The van der Waals surface area contributed by atoms with Crippen LogP contribution in [0.5, 0.6) is 0 Å². The Balaban J connectivity index is 2.06. The molecule has 2 heterocycles. The van der Waals surface area contributed by atoms with Crippen LogP contribution < -0.4 is 5.32 Å². The number of anilines is 1. The first-order valence-electron chi connectivity index (χ1n) is 7.51. The first kappa shape index (κ1) is 16.2. The lowest BCUT2D eigenvalue weighted by Gasteiger charge is -2.08. The van der Waals surface area contributed by atoms with Gasteiger partial charge in [-0.2, -0.15) is 5.10 Å². The molecule has 0 aromatic carbocycles. The molecule has 2 aromatic heterocycles. The van der Waals surface area contributed by atoms with E-state index < -0.39 is 0 Å². The van der Waals surface area contributed by atoms with Crippen molar-refractivity contribution in [1.29, 1.82) is 0 Å². The van der Waals surface area contributed by atoms with E-state index in [2.05, 4.69) is 20.5 Å². The van der Waals surface area contributed by atoms with Gasteiger partial charge in [-0.15, -0.1) is 0 Å². The van der Waals surface area contributed by atoms with Crippen LogP contribution >= 0.6 is 0 Å². The smallest absolute Gasteiger partial charge is 0.227 e. The largest absolute Gasteiger partial charge is 0.378 e. The highest BCUT2D eigenvalue weighted by molar-refractivity contribution is 5.91. The van der Waals surface area contributed by atoms with E-state index in [0.29, 0.717) is 18.8 Å². The lowest BCUT2D eigenvalue weighted by molar-refractivity contribution is -0.117. The summed E-state index contributed by atoms with van der Waals surface area (Å²) >= 11 is 0. The van der Waals surface area contributed by atoms with Crippen molar-refractivity contribution in [3.63, 3.8) is 0 Å². The Bertz CT molecular complexity index is 608. The minimum Gasteiger partial charge on any atom is -0.378 e. The van der Waals surface area contributed by atoms with Crippen LogP contribution in [0.15, 0.2) is 24.5 Å². The molecule has 0 atom stereocenters. The van der Waals surface area contributed by atoms with E-state index in [1.807, 2.05) is 32.9 Å². The minimum absolute atomic E-state index is 0.0943. The summed E-state index contributed by atoms with van der Waals surface area (Å²) in [5.41, 5.74) is 2.91. The number of aromatic nitrogens is 3. The average Bonchev–Trinajstić information content (AvgIpc) is 2.90. The maximum atomic E-state index is 12.0. The third kappa shape index (κ3) is 4.14. The number of aromatic amines is 1. The molecular weight excluding hydrogens is 280 g/mol. The molecule has 6 heteroatoms. The van der Waals surface area contributed by atoms with E-state index in [4.69, 9.17) is 4.74 Å². The molecular formula is C16H22N4O2. The zero-order valence-corrected chi connectivity index (χ0v) is 13.2. The van der Waals surface area contributed by atoms with Crippen molar-refractivity contribution < 1.29 is 9.53 Å². The molecule has 2 rings (SSSR count). The van der Waals surface area contributed by atoms with Crippen LogP contribution in [-0.4, -0.2) is 33.8 Å². The summed E-state index contributed by atoms with van der Waals surface area (Å²) in [5, 5.41) is 10.1. The molecule has 6 nitrogen and oxygen atoms in total. The molecule has 2 aromatic rings. The zero-order chi connectivity index (χ0) is 15.9. The number of nitrogens with zero attached hydrogens (tertiary/aromatic N) is 2. The lowest BCUT2D eigenvalue weighted by Crippen LogP contribution is -2.16. The number of pyridine rings is 1. The second-order valence-electron chi connectivity index (χ2n) is 5.23. The molecule has 0 bridgehead atoms. The van der Waals surface area contributed by atoms with E-state index in [0.717, 1.165) is 23.2 Å². The summed E-state index contributed by atoms with van der Waals surface area (Å²) in [5.74, 6) is 0.493. The normalized spacial score (nSPS) is 10.9. The quantitative estimate of drug-likeness (QED) is 0.824. The Morgan fingerprint density at radius 1 is 1.36 bits per heavy atom. The van der Waals surface area contributed by atoms with E-state index >= 15 is 0 Å². The molecule has 2 N–H and O–H groups in total. The predicted octanol–water partition coefficient (Wildman–Crippen LogP) is 2.79. The Morgan fingerprint density at radius 2 is 2.09 bits per heavy atom. The van der Waals surface area contributed by atoms with Gasteiger partial charge < -0.3 is 10.1 Å². The predicted molar refractivity (Wildman–Crippen MR) is 85.5 cm³/mol. The van der Waals surface area contributed by atoms with Gasteiger partial charge in [-0.3, -0.25) is 14.9 Å². The van der Waals surface area contributed by atoms with Gasteiger partial charge in [-0.25, -0.2) is 0 Å². The molecule has 0 saturated carbocycles. The summed E-state index contributed by atoms with van der Waals surface area (Å²) < 4.78 is 5.39. The highest BCUT2D eigenvalue weighted by Crippen LogP contribution is 2.26. The number of hydrogen-bond donors (Lipinski definition) is 2. The third-order valence-electron chi connectivity index (χ3n) is 3.23. The SMILES string of the molecule is CCc1c(NC(=O)CCOC(C)C)n[nH]c1-c1ccncc1. The van der Waals surface area contributed by atoms with Crippen molar-refractivity contribution in [3.8, 4) is 11.3 Å². The first-order chi connectivity index (χ1) is 10.6. The van der Waals surface area contributed by atoms with E-state index in [9.17, 15) is 4.79 Å². The second kappa shape index (κ2) is 7.70. The Morgan fingerprint density at radius 3 is 2.73 bits per heavy atom. The monoisotopic (exact) mass is 302 g/mol. The molecule has 0 radical (unpaired) electrons. The fraction of sp³-hybridized carbons (Fsp3) is 0.438. The molecule has 0 unspecified atom stereocenters. The van der Waals surface area contributed by atoms with Crippen molar-refractivity contribution >= 4 is 11.7 Å². The summed E-state index contributed by atoms with van der Waals surface area (Å²) in [6, 6.07) is 3.82. The Hall–Kier alpha value is -2.21. The molecule has 0 aliphatic heterocycles. The van der Waals surface area contributed by atoms with E-state index in [1.165, 1.54) is 0 Å². The van der Waals surface area contributed by atoms with Crippen molar-refractivity contribution in [1.82, 2.24) is 15.2 Å². The van der Waals surface area contributed by atoms with Crippen molar-refractivity contribution in [2.24, 2.45) is 0 Å². The molecule has 22 heavy (non-hydrogen) atoms. The Labute approximate surface area is 130 Å². The highest BCUT2D eigenvalue weighted by atomic mass is 16.5. The van der Waals surface area contributed by atoms with Gasteiger partial charge in [-0.1, -0.05) is 6.92 Å². The van der Waals surface area contributed by atoms with E-state index in [1.54, 1.807) is 12.4 Å². The number of ether oxygens (including phenoxy) is 1. The van der Waals surface area contributed by atoms with Crippen LogP contribution in [0.4, 0.5) is 5.82 Å². The molecule has 0 fully saturated rings. The number of carbonyl (C=O) groups is 1. The summed E-state index contributed by atoms with van der Waals surface area (Å²) in [4.78, 5) is 16.0. The maximum Gasteiger partial charge on any atom is 0.227 e. The number of amides is 1. The van der Waals surface area contributed by atoms with Crippen molar-refractivity contribution in [3.05, 3.63) is 30.1 Å². The van der Waals surface area contributed by atoms with Gasteiger partial charge in [0, 0.05) is 23.5 Å². The molecule has 0 spiro atoms. The third-order valence-corrected chi connectivity index (χ3v) is 3.23. The van der Waals surface area contributed by atoms with Gasteiger partial charge in [-0.05, 0) is 32.4 Å². The molecule has 0 aliphatic carbocycles. The lowest BCUT2D eigenvalue weighted by atomic mass is 10.1. The number of rotatable bonds is 7. The fourth-order valence-electron chi connectivity index (χ4n) is 2.15. The maximum absolute atomic E-state index is 12.0. The molecule has 0 aliphatic rings. The zero-order valence-electron chi connectivity index (χ0n) is 13.2. The van der Waals surface area contributed by atoms with Gasteiger partial charge in [0.05, 0.1) is 24.8 Å². The number of hydrogen-bond acceptors (Lipinski definition) is 4. The number of carbonyl (C=O) groups excluding carboxylic acids is 1. The first-order valence-corrected chi connectivity index (χ1v) is 7.51. The fourth-order valence-corrected chi connectivity index (χ4v) is 2.15. The van der Waals surface area contributed by atoms with Crippen LogP contribution in [0.2, 0.25) is 0 Å². The second-order valence-corrected chi connectivity index (χ2v) is 5.23. The molecule has 1 amide bonds. The van der Waals surface area contributed by atoms with Crippen LogP contribution in [0.1, 0.15) is 32.8 Å². The van der Waals surface area contributed by atoms with Gasteiger partial charge in [0.1, 0.15) is 0 Å². The van der Waals surface area contributed by atoms with E-state index in [-0.39, 0.29) is 12.0 Å². The van der Waals surface area contributed by atoms with Gasteiger partial charge in [0.15, 0.2) is 5.82 Å². The summed E-state index contributed by atoms with van der Waals surface area (Å²) in [6.07, 6.45) is 4.68. The average molecular weight is 302 g/mol. The summed E-state index contributed by atoms with van der Waals surface area (Å²) in [6.45, 7) is 6.34. The standard InChI is InChI=1S/C16H22N4O2/c1-4-13-15(12-5-8-17-9-6-12)19-20-16(13)18-14(21)7-10-22-11(2)3/h5-6,8-9,11H,4,7,10H2,1-3H3,(H2,18,19,20,21). The minimum atomic E-state index is -0.0943. The Kier molecular flexibility index (Phi) is 5.66. The van der Waals surface area contributed by atoms with Crippen LogP contribution in [0, 0.1) is 0 Å². The van der Waals surface area contributed by atoms with Crippen LogP contribution in [0.3, 0.4) is 0 Å². The number of nitrogens with one attached hydrogen (secondary N) is 2. The molecule has 118 valence electrons. The number of H-pyrrole nitrogens is 1. The molecule has 0 saturated heterocycles. The summed E-state index contributed by atoms with van der Waals surface area (Å²) in [7, 11) is 0. The topological polar surface area (TPSA) is 79.9 Å². The van der Waals surface area contributed by atoms with Crippen LogP contribution in [0.25, 0.3) is 11.3 Å². The van der Waals surface area contributed by atoms with Crippen LogP contribution in [-0.2, 0) is 16.0 Å².